The van der Waals surface area contributed by atoms with Gasteiger partial charge in [0.15, 0.2) is 5.82 Å². The average molecular weight is 383 g/mol. The lowest BCUT2D eigenvalue weighted by Crippen LogP contribution is -2.42. The maximum atomic E-state index is 10.0. The number of piperidine rings is 1. The quantitative estimate of drug-likeness (QED) is 0.868. The highest BCUT2D eigenvalue weighted by Gasteiger charge is 2.42. The lowest BCUT2D eigenvalue weighted by Gasteiger charge is -2.43. The highest BCUT2D eigenvalue weighted by atomic mass is 16.5. The van der Waals surface area contributed by atoms with E-state index < -0.39 is 0 Å². The monoisotopic (exact) mass is 382 g/mol. The summed E-state index contributed by atoms with van der Waals surface area (Å²) in [6, 6.07) is 3.79. The largest absolute Gasteiger partial charge is 0.481 e. The standard InChI is InChI=1S/C22H30N4O2/c1-15-6-4-8-22(15)9-12-26(13-10-22)20-18(14-27)25-19(16(2)24-20)17-7-5-11-23-21(17)28-3/h5,7,11,15,27H,4,6,8-10,12-14H2,1-3H3/t15-/m1/s1. The number of hydrogen-bond donors (Lipinski definition) is 1. The van der Waals surface area contributed by atoms with Crippen LogP contribution >= 0.6 is 0 Å². The number of rotatable bonds is 4. The van der Waals surface area contributed by atoms with Crippen LogP contribution < -0.4 is 9.64 Å². The molecule has 4 rings (SSSR count). The van der Waals surface area contributed by atoms with E-state index in [2.05, 4.69) is 16.8 Å². The van der Waals surface area contributed by atoms with E-state index >= 15 is 0 Å². The Morgan fingerprint density at radius 3 is 2.68 bits per heavy atom. The van der Waals surface area contributed by atoms with E-state index in [-0.39, 0.29) is 6.61 Å². The van der Waals surface area contributed by atoms with Crippen LogP contribution in [0.5, 0.6) is 5.88 Å². The van der Waals surface area contributed by atoms with Gasteiger partial charge in [-0.05, 0) is 49.7 Å². The van der Waals surface area contributed by atoms with Crippen molar-refractivity contribution in [2.24, 2.45) is 11.3 Å². The molecule has 1 spiro atoms. The molecule has 0 bridgehead atoms. The van der Waals surface area contributed by atoms with Crippen molar-refractivity contribution in [3.05, 3.63) is 29.7 Å². The Morgan fingerprint density at radius 1 is 1.25 bits per heavy atom. The number of aromatic nitrogens is 3. The van der Waals surface area contributed by atoms with Crippen LogP contribution in [0.1, 0.15) is 50.4 Å². The molecule has 150 valence electrons. The molecule has 3 heterocycles. The van der Waals surface area contributed by atoms with Crippen molar-refractivity contribution in [2.45, 2.75) is 52.6 Å². The third kappa shape index (κ3) is 3.24. The van der Waals surface area contributed by atoms with Gasteiger partial charge in [0.1, 0.15) is 5.69 Å². The molecule has 2 aromatic rings. The first-order valence-corrected chi connectivity index (χ1v) is 10.3. The maximum absolute atomic E-state index is 10.0. The van der Waals surface area contributed by atoms with Gasteiger partial charge >= 0.3 is 0 Å². The first-order valence-electron chi connectivity index (χ1n) is 10.3. The molecule has 0 radical (unpaired) electrons. The molecule has 0 aromatic carbocycles. The molecule has 1 saturated heterocycles. The minimum absolute atomic E-state index is 0.129. The fourth-order valence-corrected chi connectivity index (χ4v) is 5.11. The van der Waals surface area contributed by atoms with Crippen LogP contribution in [0, 0.1) is 18.3 Å². The van der Waals surface area contributed by atoms with E-state index in [4.69, 9.17) is 14.7 Å². The van der Waals surface area contributed by atoms with Crippen molar-refractivity contribution in [3.8, 4) is 17.1 Å². The van der Waals surface area contributed by atoms with Gasteiger partial charge in [-0.1, -0.05) is 19.8 Å². The molecule has 0 amide bonds. The number of methoxy groups -OCH3 is 1. The van der Waals surface area contributed by atoms with Crippen molar-refractivity contribution in [1.29, 1.82) is 0 Å². The minimum atomic E-state index is -0.129. The highest BCUT2D eigenvalue weighted by molar-refractivity contribution is 5.68. The molecular weight excluding hydrogens is 352 g/mol. The van der Waals surface area contributed by atoms with Gasteiger partial charge in [-0.3, -0.25) is 0 Å². The van der Waals surface area contributed by atoms with Crippen molar-refractivity contribution in [2.75, 3.05) is 25.1 Å². The number of aliphatic hydroxyl groups excluding tert-OH is 1. The van der Waals surface area contributed by atoms with E-state index in [1.807, 2.05) is 19.1 Å². The van der Waals surface area contributed by atoms with E-state index in [0.717, 1.165) is 41.8 Å². The van der Waals surface area contributed by atoms with Gasteiger partial charge in [-0.25, -0.2) is 15.0 Å². The maximum Gasteiger partial charge on any atom is 0.222 e. The number of hydrogen-bond acceptors (Lipinski definition) is 6. The fourth-order valence-electron chi connectivity index (χ4n) is 5.11. The molecular formula is C22H30N4O2. The predicted molar refractivity (Wildman–Crippen MR) is 109 cm³/mol. The third-order valence-electron chi connectivity index (χ3n) is 6.91. The lowest BCUT2D eigenvalue weighted by molar-refractivity contribution is 0.161. The van der Waals surface area contributed by atoms with Crippen LogP contribution in [-0.4, -0.2) is 40.3 Å². The second-order valence-electron chi connectivity index (χ2n) is 8.29. The zero-order valence-corrected chi connectivity index (χ0v) is 17.1. The summed E-state index contributed by atoms with van der Waals surface area (Å²) >= 11 is 0. The van der Waals surface area contributed by atoms with Crippen LogP contribution in [0.15, 0.2) is 18.3 Å². The summed E-state index contributed by atoms with van der Waals surface area (Å²) in [7, 11) is 1.60. The molecule has 1 aliphatic carbocycles. The fraction of sp³-hybridized carbons (Fsp3) is 0.591. The number of ether oxygens (including phenoxy) is 1. The van der Waals surface area contributed by atoms with Crippen molar-refractivity contribution >= 4 is 5.82 Å². The molecule has 1 saturated carbocycles. The summed E-state index contributed by atoms with van der Waals surface area (Å²) in [5.41, 5.74) is 3.49. The second kappa shape index (κ2) is 7.66. The molecule has 2 fully saturated rings. The smallest absolute Gasteiger partial charge is 0.222 e. The summed E-state index contributed by atoms with van der Waals surface area (Å²) in [6.45, 7) is 6.23. The molecule has 2 aliphatic rings. The molecule has 28 heavy (non-hydrogen) atoms. The Bertz CT molecular complexity index is 846. The number of pyridine rings is 1. The molecule has 6 nitrogen and oxygen atoms in total. The van der Waals surface area contributed by atoms with E-state index in [9.17, 15) is 5.11 Å². The van der Waals surface area contributed by atoms with Crippen molar-refractivity contribution in [1.82, 2.24) is 15.0 Å². The summed E-state index contributed by atoms with van der Waals surface area (Å²) < 4.78 is 5.39. The Morgan fingerprint density at radius 2 is 2.04 bits per heavy atom. The van der Waals surface area contributed by atoms with Crippen LogP contribution in [0.25, 0.3) is 11.3 Å². The third-order valence-corrected chi connectivity index (χ3v) is 6.91. The average Bonchev–Trinajstić information content (AvgIpc) is 3.08. The summed E-state index contributed by atoms with van der Waals surface area (Å²) in [4.78, 5) is 16.2. The van der Waals surface area contributed by atoms with Crippen LogP contribution in [0.2, 0.25) is 0 Å². The van der Waals surface area contributed by atoms with Gasteiger partial charge in [0.05, 0.1) is 30.7 Å². The number of aryl methyl sites for hydroxylation is 1. The predicted octanol–water partition coefficient (Wildman–Crippen LogP) is 3.75. The van der Waals surface area contributed by atoms with Crippen LogP contribution in [-0.2, 0) is 6.61 Å². The van der Waals surface area contributed by atoms with Crippen LogP contribution in [0.4, 0.5) is 5.82 Å². The van der Waals surface area contributed by atoms with Crippen molar-refractivity contribution < 1.29 is 9.84 Å². The molecule has 1 aliphatic heterocycles. The van der Waals surface area contributed by atoms with Gasteiger partial charge in [-0.2, -0.15) is 0 Å². The first-order chi connectivity index (χ1) is 13.6. The number of aliphatic hydroxyl groups is 1. The zero-order valence-electron chi connectivity index (χ0n) is 17.1. The highest BCUT2D eigenvalue weighted by Crippen LogP contribution is 2.50. The number of anilines is 1. The SMILES string of the molecule is COc1ncccc1-c1nc(CO)c(N2CCC3(CCC[C@H]3C)CC2)nc1C. The summed E-state index contributed by atoms with van der Waals surface area (Å²) in [5, 5.41) is 10.0. The second-order valence-corrected chi connectivity index (χ2v) is 8.29. The Balaban J connectivity index is 1.63. The van der Waals surface area contributed by atoms with Crippen molar-refractivity contribution in [3.63, 3.8) is 0 Å². The Labute approximate surface area is 167 Å². The van der Waals surface area contributed by atoms with Crippen LogP contribution in [0.3, 0.4) is 0 Å². The topological polar surface area (TPSA) is 71.4 Å². The van der Waals surface area contributed by atoms with Gasteiger partial charge in [0.25, 0.3) is 0 Å². The molecule has 0 unspecified atom stereocenters. The Kier molecular flexibility index (Phi) is 5.23. The first kappa shape index (κ1) is 19.1. The summed E-state index contributed by atoms with van der Waals surface area (Å²) in [6.07, 6.45) is 8.20. The number of nitrogens with zero attached hydrogens (tertiary/aromatic N) is 4. The van der Waals surface area contributed by atoms with Gasteiger partial charge < -0.3 is 14.7 Å². The van der Waals surface area contributed by atoms with E-state index in [0.29, 0.717) is 17.0 Å². The molecule has 2 aromatic heterocycles. The van der Waals surface area contributed by atoms with E-state index in [1.54, 1.807) is 13.3 Å². The van der Waals surface area contributed by atoms with Gasteiger partial charge in [0, 0.05) is 19.3 Å². The Hall–Kier alpha value is -2.21. The molecule has 1 N–H and O–H groups in total. The zero-order chi connectivity index (χ0) is 19.7. The molecule has 1 atom stereocenters. The molecule has 6 heteroatoms. The van der Waals surface area contributed by atoms with Gasteiger partial charge in [0.2, 0.25) is 5.88 Å². The summed E-state index contributed by atoms with van der Waals surface area (Å²) in [5.74, 6) is 2.17. The van der Waals surface area contributed by atoms with E-state index in [1.165, 1.54) is 32.1 Å². The normalized spacial score (nSPS) is 21.3. The van der Waals surface area contributed by atoms with Gasteiger partial charge in [-0.15, -0.1) is 0 Å². The lowest BCUT2D eigenvalue weighted by atomic mass is 9.71. The minimum Gasteiger partial charge on any atom is -0.481 e.